The van der Waals surface area contributed by atoms with Crippen LogP contribution in [0.5, 0.6) is 0 Å². The van der Waals surface area contributed by atoms with Crippen LogP contribution in [0.25, 0.3) is 6.08 Å². The van der Waals surface area contributed by atoms with Gasteiger partial charge in [-0.05, 0) is 43.6 Å². The van der Waals surface area contributed by atoms with E-state index < -0.39 is 10.9 Å². The van der Waals surface area contributed by atoms with E-state index in [1.165, 1.54) is 37.1 Å². The molecule has 0 saturated carbocycles. The minimum Gasteiger partial charge on any atom is -0.478 e. The predicted octanol–water partition coefficient (Wildman–Crippen LogP) is 3.93. The van der Waals surface area contributed by atoms with Crippen molar-refractivity contribution >= 4 is 30.1 Å². The maximum absolute atomic E-state index is 10.5. The molecule has 1 heterocycles. The zero-order valence-electron chi connectivity index (χ0n) is 15.9. The molecule has 0 aromatic heterocycles. The third-order valence-electron chi connectivity index (χ3n) is 4.35. The normalized spacial score (nSPS) is 14.5. The molecule has 2 aromatic rings. The van der Waals surface area contributed by atoms with Gasteiger partial charge in [0, 0.05) is 18.7 Å². The largest absolute Gasteiger partial charge is 0.478 e. The quantitative estimate of drug-likeness (QED) is 0.417. The lowest BCUT2D eigenvalue weighted by atomic mass is 10.1. The van der Waals surface area contributed by atoms with Crippen molar-refractivity contribution in [1.82, 2.24) is 4.90 Å². The van der Waals surface area contributed by atoms with Crippen LogP contribution in [0.2, 0.25) is 0 Å². The van der Waals surface area contributed by atoms with E-state index in [0.717, 1.165) is 31.3 Å². The van der Waals surface area contributed by atoms with Crippen molar-refractivity contribution in [2.24, 2.45) is 0 Å². The van der Waals surface area contributed by atoms with Crippen molar-refractivity contribution in [3.05, 3.63) is 81.9 Å². The third kappa shape index (κ3) is 8.43. The summed E-state index contributed by atoms with van der Waals surface area (Å²) in [6, 6.07) is 15.8. The Morgan fingerprint density at radius 2 is 1.69 bits per heavy atom. The summed E-state index contributed by atoms with van der Waals surface area (Å²) < 4.78 is 0. The number of carbonyl (C=O) groups is 1. The monoisotopic (exact) mass is 420 g/mol. The number of para-hydroxylation sites is 1. The molecule has 2 N–H and O–H groups in total. The Morgan fingerprint density at radius 1 is 1.10 bits per heavy atom. The lowest BCUT2D eigenvalue weighted by molar-refractivity contribution is -0.385. The van der Waals surface area contributed by atoms with Crippen LogP contribution >= 0.6 is 12.4 Å². The highest BCUT2D eigenvalue weighted by atomic mass is 35.5. The molecule has 1 saturated heterocycles. The van der Waals surface area contributed by atoms with Gasteiger partial charge < -0.3 is 15.1 Å². The summed E-state index contributed by atoms with van der Waals surface area (Å²) >= 11 is 0. The van der Waals surface area contributed by atoms with Crippen LogP contribution in [0, 0.1) is 10.1 Å². The molecule has 0 amide bonds. The van der Waals surface area contributed by atoms with Gasteiger partial charge in [0.15, 0.2) is 0 Å². The van der Waals surface area contributed by atoms with Gasteiger partial charge in [-0.3, -0.25) is 10.1 Å². The molecular formula is C21H25ClN2O5. The van der Waals surface area contributed by atoms with E-state index in [-0.39, 0.29) is 29.8 Å². The van der Waals surface area contributed by atoms with Gasteiger partial charge in [-0.1, -0.05) is 42.5 Å². The van der Waals surface area contributed by atoms with E-state index in [1.54, 1.807) is 6.07 Å². The molecule has 3 rings (SSSR count). The topological polar surface area (TPSA) is 104 Å². The second kappa shape index (κ2) is 12.7. The number of nitrogens with zero attached hydrogens (tertiary/aromatic N) is 2. The molecule has 1 aliphatic heterocycles. The van der Waals surface area contributed by atoms with Crippen LogP contribution in [-0.2, 0) is 4.79 Å². The van der Waals surface area contributed by atoms with Gasteiger partial charge in [-0.2, -0.15) is 0 Å². The zero-order valence-corrected chi connectivity index (χ0v) is 16.7. The Kier molecular flexibility index (Phi) is 10.6. The molecule has 29 heavy (non-hydrogen) atoms. The van der Waals surface area contributed by atoms with Gasteiger partial charge in [0.05, 0.1) is 16.6 Å². The molecule has 1 fully saturated rings. The summed E-state index contributed by atoms with van der Waals surface area (Å²) in [5.74, 6) is -1.14. The van der Waals surface area contributed by atoms with Crippen molar-refractivity contribution in [2.75, 3.05) is 19.6 Å². The maximum Gasteiger partial charge on any atom is 0.328 e. The van der Waals surface area contributed by atoms with Crippen LogP contribution in [0.1, 0.15) is 30.1 Å². The van der Waals surface area contributed by atoms with E-state index in [0.29, 0.717) is 0 Å². The molecule has 7 nitrogen and oxygen atoms in total. The molecule has 1 atom stereocenters. The minimum absolute atomic E-state index is 0. The average Bonchev–Trinajstić information content (AvgIpc) is 3.20. The van der Waals surface area contributed by atoms with Crippen molar-refractivity contribution in [3.63, 3.8) is 0 Å². The van der Waals surface area contributed by atoms with Crippen LogP contribution < -0.4 is 0 Å². The maximum atomic E-state index is 10.5. The summed E-state index contributed by atoms with van der Waals surface area (Å²) in [5, 5.41) is 28.8. The minimum atomic E-state index is -1.14. The number of β-amino-alcohol motifs (C(OH)–C–C–N with tert-alkyl or cyclic N) is 1. The Bertz CT molecular complexity index is 808. The smallest absolute Gasteiger partial charge is 0.328 e. The second-order valence-electron chi connectivity index (χ2n) is 6.42. The van der Waals surface area contributed by atoms with Crippen LogP contribution in [-0.4, -0.2) is 45.6 Å². The number of carboxylic acid groups (broad SMARTS) is 1. The van der Waals surface area contributed by atoms with E-state index in [1.807, 2.05) is 30.3 Å². The molecule has 0 spiro atoms. The SMILES string of the molecule is Cl.O=C(O)/C=C/c1ccccc1[N+](=O)[O-].OC(CN1CCCC1)c1ccccc1. The van der Waals surface area contributed by atoms with E-state index >= 15 is 0 Å². The van der Waals surface area contributed by atoms with Crippen molar-refractivity contribution in [1.29, 1.82) is 0 Å². The van der Waals surface area contributed by atoms with Crippen LogP contribution in [0.4, 0.5) is 5.69 Å². The summed E-state index contributed by atoms with van der Waals surface area (Å²) in [4.78, 5) is 22.5. The van der Waals surface area contributed by atoms with Crippen LogP contribution in [0.15, 0.2) is 60.7 Å². The highest BCUT2D eigenvalue weighted by molar-refractivity contribution is 5.86. The summed E-state index contributed by atoms with van der Waals surface area (Å²) in [7, 11) is 0. The van der Waals surface area contributed by atoms with Gasteiger partial charge in [-0.15, -0.1) is 12.4 Å². The van der Waals surface area contributed by atoms with Gasteiger partial charge in [-0.25, -0.2) is 4.79 Å². The Labute approximate surface area is 175 Å². The zero-order chi connectivity index (χ0) is 20.4. The molecular weight excluding hydrogens is 396 g/mol. The number of hydrogen-bond acceptors (Lipinski definition) is 5. The van der Waals surface area contributed by atoms with E-state index in [9.17, 15) is 20.0 Å². The summed E-state index contributed by atoms with van der Waals surface area (Å²) in [6.07, 6.45) is 4.29. The first-order valence-corrected chi connectivity index (χ1v) is 9.07. The molecule has 0 aliphatic carbocycles. The van der Waals surface area contributed by atoms with Crippen molar-refractivity contribution in [3.8, 4) is 0 Å². The number of halogens is 1. The van der Waals surface area contributed by atoms with Crippen molar-refractivity contribution < 1.29 is 19.9 Å². The fourth-order valence-corrected chi connectivity index (χ4v) is 2.95. The molecule has 8 heteroatoms. The first kappa shape index (κ1) is 24.3. The third-order valence-corrected chi connectivity index (χ3v) is 4.35. The molecule has 0 bridgehead atoms. The number of aliphatic hydroxyl groups is 1. The Hall–Kier alpha value is -2.74. The molecule has 2 aromatic carbocycles. The van der Waals surface area contributed by atoms with Gasteiger partial charge in [0.25, 0.3) is 5.69 Å². The summed E-state index contributed by atoms with van der Waals surface area (Å²) in [6.45, 7) is 3.07. The standard InChI is InChI=1S/C12H17NO.C9H7NO4.ClH/c14-12(10-13-8-4-5-9-13)11-6-2-1-3-7-11;11-9(12)6-5-7-3-1-2-4-8(7)10(13)14;/h1-3,6-7,12,14H,4-5,8-10H2;1-6H,(H,11,12);1H/b;6-5+;. The number of likely N-dealkylation sites (tertiary alicyclic amines) is 1. The van der Waals surface area contributed by atoms with Crippen molar-refractivity contribution in [2.45, 2.75) is 18.9 Å². The number of aliphatic carboxylic acids is 1. The number of hydrogen-bond donors (Lipinski definition) is 2. The summed E-state index contributed by atoms with van der Waals surface area (Å²) in [5.41, 5.74) is 1.20. The number of nitro groups is 1. The fourth-order valence-electron chi connectivity index (χ4n) is 2.95. The number of rotatable bonds is 6. The highest BCUT2D eigenvalue weighted by Gasteiger charge is 2.16. The second-order valence-corrected chi connectivity index (χ2v) is 6.42. The number of carboxylic acids is 1. The first-order chi connectivity index (χ1) is 13.5. The molecule has 1 unspecified atom stereocenters. The molecule has 156 valence electrons. The highest BCUT2D eigenvalue weighted by Crippen LogP contribution is 2.19. The number of nitro benzene ring substituents is 1. The van der Waals surface area contributed by atoms with Crippen LogP contribution in [0.3, 0.4) is 0 Å². The lowest BCUT2D eigenvalue weighted by Crippen LogP contribution is -2.25. The molecule has 0 radical (unpaired) electrons. The van der Waals surface area contributed by atoms with Gasteiger partial charge in [0.1, 0.15) is 0 Å². The Morgan fingerprint density at radius 3 is 2.28 bits per heavy atom. The van der Waals surface area contributed by atoms with Gasteiger partial charge in [0.2, 0.25) is 0 Å². The van der Waals surface area contributed by atoms with Gasteiger partial charge >= 0.3 is 5.97 Å². The first-order valence-electron chi connectivity index (χ1n) is 9.07. The predicted molar refractivity (Wildman–Crippen MR) is 114 cm³/mol. The van der Waals surface area contributed by atoms with E-state index in [2.05, 4.69) is 4.90 Å². The number of aliphatic hydroxyl groups excluding tert-OH is 1. The van der Waals surface area contributed by atoms with E-state index in [4.69, 9.17) is 5.11 Å². The fraction of sp³-hybridized carbons (Fsp3) is 0.286. The Balaban J connectivity index is 0.000000280. The lowest BCUT2D eigenvalue weighted by Gasteiger charge is -2.19. The average molecular weight is 421 g/mol. The number of benzene rings is 2. The molecule has 1 aliphatic rings.